The monoisotopic (exact) mass is 453 g/mol. The molecule has 6 heteroatoms. The Bertz CT molecular complexity index is 922. The van der Waals surface area contributed by atoms with E-state index in [1.807, 2.05) is 47.2 Å². The minimum Gasteiger partial charge on any atom is -0.340 e. The van der Waals surface area contributed by atoms with Crippen LogP contribution in [0.5, 0.6) is 0 Å². The molecule has 0 spiro atoms. The zero-order valence-corrected chi connectivity index (χ0v) is 19.5. The number of piperazine rings is 1. The fourth-order valence-corrected chi connectivity index (χ4v) is 5.31. The quantitative estimate of drug-likeness (QED) is 0.654. The summed E-state index contributed by atoms with van der Waals surface area (Å²) in [6.45, 7) is 3.27. The van der Waals surface area contributed by atoms with Crippen molar-refractivity contribution in [2.45, 2.75) is 38.3 Å². The van der Waals surface area contributed by atoms with Crippen molar-refractivity contribution < 1.29 is 9.59 Å². The van der Waals surface area contributed by atoms with Gasteiger partial charge in [-0.1, -0.05) is 66.9 Å². The maximum Gasteiger partial charge on any atom is 0.255 e. The van der Waals surface area contributed by atoms with Crippen molar-refractivity contribution in [3.63, 3.8) is 0 Å². The summed E-state index contributed by atoms with van der Waals surface area (Å²) in [5.41, 5.74) is 1.69. The van der Waals surface area contributed by atoms with Gasteiger partial charge < -0.3 is 9.80 Å². The summed E-state index contributed by atoms with van der Waals surface area (Å²) >= 11 is 6.24. The second-order valence-electron chi connectivity index (χ2n) is 8.98. The highest BCUT2D eigenvalue weighted by atomic mass is 35.5. The number of halogens is 1. The van der Waals surface area contributed by atoms with Gasteiger partial charge in [-0.2, -0.15) is 0 Å². The van der Waals surface area contributed by atoms with Crippen molar-refractivity contribution in [2.75, 3.05) is 33.2 Å². The van der Waals surface area contributed by atoms with E-state index in [-0.39, 0.29) is 17.9 Å². The molecule has 1 saturated heterocycles. The summed E-state index contributed by atoms with van der Waals surface area (Å²) in [5.74, 6) is 0.568. The highest BCUT2D eigenvalue weighted by Crippen LogP contribution is 2.32. The molecule has 2 fully saturated rings. The van der Waals surface area contributed by atoms with Crippen LogP contribution in [0.25, 0.3) is 0 Å². The molecule has 2 amide bonds. The first-order chi connectivity index (χ1) is 15.5. The normalized spacial score (nSPS) is 18.5. The molecule has 2 aromatic rings. The Hall–Kier alpha value is -2.37. The second kappa shape index (κ2) is 10.5. The summed E-state index contributed by atoms with van der Waals surface area (Å²) in [7, 11) is 1.91. The summed E-state index contributed by atoms with van der Waals surface area (Å²) in [6, 6.07) is 17.2. The SMILES string of the molecule is CN(Cc1ccccc1)C(=O)C(C1CCCC1)N1CCN(C(=O)c2ccccc2Cl)CC1. The molecule has 32 heavy (non-hydrogen) atoms. The van der Waals surface area contributed by atoms with Crippen LogP contribution in [0, 0.1) is 5.92 Å². The number of likely N-dealkylation sites (N-methyl/N-ethyl adjacent to an activating group) is 1. The maximum atomic E-state index is 13.6. The summed E-state index contributed by atoms with van der Waals surface area (Å²) in [6.07, 6.45) is 4.60. The first kappa shape index (κ1) is 22.8. The number of rotatable bonds is 6. The first-order valence-electron chi connectivity index (χ1n) is 11.6. The molecule has 2 aliphatic rings. The molecule has 1 aliphatic carbocycles. The van der Waals surface area contributed by atoms with Crippen LogP contribution in [0.3, 0.4) is 0 Å². The molecule has 2 aromatic carbocycles. The van der Waals surface area contributed by atoms with Crippen molar-refractivity contribution in [1.29, 1.82) is 0 Å². The average molecular weight is 454 g/mol. The number of carbonyl (C=O) groups is 2. The van der Waals surface area contributed by atoms with Gasteiger partial charge in [0.15, 0.2) is 0 Å². The van der Waals surface area contributed by atoms with Crippen molar-refractivity contribution in [2.24, 2.45) is 5.92 Å². The van der Waals surface area contributed by atoms with Gasteiger partial charge in [0.25, 0.3) is 5.91 Å². The number of nitrogens with zero attached hydrogens (tertiary/aromatic N) is 3. The average Bonchev–Trinajstić information content (AvgIpc) is 3.34. The van der Waals surface area contributed by atoms with Crippen molar-refractivity contribution in [3.05, 3.63) is 70.7 Å². The largest absolute Gasteiger partial charge is 0.340 e. The van der Waals surface area contributed by atoms with E-state index in [0.717, 1.165) is 18.4 Å². The molecule has 0 radical (unpaired) electrons. The Morgan fingerprint density at radius 1 is 0.969 bits per heavy atom. The molecule has 1 heterocycles. The third-order valence-electron chi connectivity index (χ3n) is 6.84. The van der Waals surface area contributed by atoms with E-state index in [2.05, 4.69) is 17.0 Å². The van der Waals surface area contributed by atoms with E-state index in [9.17, 15) is 9.59 Å². The van der Waals surface area contributed by atoms with Gasteiger partial charge in [-0.25, -0.2) is 0 Å². The van der Waals surface area contributed by atoms with Crippen LogP contribution in [0.4, 0.5) is 0 Å². The van der Waals surface area contributed by atoms with E-state index < -0.39 is 0 Å². The van der Waals surface area contributed by atoms with Crippen LogP contribution in [-0.4, -0.2) is 65.8 Å². The van der Waals surface area contributed by atoms with Crippen molar-refractivity contribution >= 4 is 23.4 Å². The fraction of sp³-hybridized carbons (Fsp3) is 0.462. The predicted octanol–water partition coefficient (Wildman–Crippen LogP) is 4.32. The molecule has 0 N–H and O–H groups in total. The van der Waals surface area contributed by atoms with E-state index in [1.165, 1.54) is 12.8 Å². The summed E-state index contributed by atoms with van der Waals surface area (Å²) in [4.78, 5) is 32.6. The Kier molecular flexibility index (Phi) is 7.48. The van der Waals surface area contributed by atoms with E-state index in [0.29, 0.717) is 49.2 Å². The number of hydrogen-bond acceptors (Lipinski definition) is 3. The number of carbonyl (C=O) groups excluding carboxylic acids is 2. The van der Waals surface area contributed by atoms with Gasteiger partial charge in [-0.15, -0.1) is 0 Å². The van der Waals surface area contributed by atoms with Gasteiger partial charge in [0.2, 0.25) is 5.91 Å². The second-order valence-corrected chi connectivity index (χ2v) is 9.38. The third kappa shape index (κ3) is 5.16. The minimum atomic E-state index is -0.108. The molecule has 0 aromatic heterocycles. The molecule has 1 aliphatic heterocycles. The van der Waals surface area contributed by atoms with Crippen LogP contribution < -0.4 is 0 Å². The fourth-order valence-electron chi connectivity index (χ4n) is 5.10. The molecule has 1 saturated carbocycles. The number of benzene rings is 2. The standard InChI is InChI=1S/C26H32ClN3O2/c1-28(19-20-9-3-2-4-10-20)26(32)24(21-11-5-6-12-21)29-15-17-30(18-16-29)25(31)22-13-7-8-14-23(22)27/h2-4,7-10,13-14,21,24H,5-6,11-12,15-19H2,1H3. The van der Waals surface area contributed by atoms with Gasteiger partial charge in [0.1, 0.15) is 0 Å². The summed E-state index contributed by atoms with van der Waals surface area (Å²) in [5, 5.41) is 0.487. The lowest BCUT2D eigenvalue weighted by molar-refractivity contribution is -0.139. The predicted molar refractivity (Wildman–Crippen MR) is 128 cm³/mol. The first-order valence-corrected chi connectivity index (χ1v) is 12.0. The molecule has 170 valence electrons. The zero-order chi connectivity index (χ0) is 22.5. The molecule has 1 atom stereocenters. The van der Waals surface area contributed by atoms with Crippen LogP contribution in [0.1, 0.15) is 41.6 Å². The highest BCUT2D eigenvalue weighted by molar-refractivity contribution is 6.33. The molecular formula is C26H32ClN3O2. The van der Waals surface area contributed by atoms with Gasteiger partial charge in [0, 0.05) is 39.8 Å². The lowest BCUT2D eigenvalue weighted by atomic mass is 9.94. The van der Waals surface area contributed by atoms with Crippen molar-refractivity contribution in [1.82, 2.24) is 14.7 Å². The van der Waals surface area contributed by atoms with Gasteiger partial charge in [-0.3, -0.25) is 14.5 Å². The molecular weight excluding hydrogens is 422 g/mol. The van der Waals surface area contributed by atoms with Gasteiger partial charge >= 0.3 is 0 Å². The Balaban J connectivity index is 1.43. The Labute approximate surface area is 195 Å². The van der Waals surface area contributed by atoms with Crippen LogP contribution in [0.2, 0.25) is 5.02 Å². The van der Waals surface area contributed by atoms with Crippen LogP contribution in [0.15, 0.2) is 54.6 Å². The Morgan fingerprint density at radius 3 is 2.25 bits per heavy atom. The minimum absolute atomic E-state index is 0.0276. The lowest BCUT2D eigenvalue weighted by Gasteiger charge is -2.42. The van der Waals surface area contributed by atoms with Gasteiger partial charge in [0.05, 0.1) is 16.6 Å². The molecule has 0 bridgehead atoms. The zero-order valence-electron chi connectivity index (χ0n) is 18.8. The van der Waals surface area contributed by atoms with Crippen LogP contribution >= 0.6 is 11.6 Å². The molecule has 1 unspecified atom stereocenters. The maximum absolute atomic E-state index is 13.6. The van der Waals surface area contributed by atoms with E-state index in [4.69, 9.17) is 11.6 Å². The van der Waals surface area contributed by atoms with E-state index in [1.54, 1.807) is 12.1 Å². The van der Waals surface area contributed by atoms with Gasteiger partial charge in [-0.05, 0) is 36.5 Å². The number of amides is 2. The highest BCUT2D eigenvalue weighted by Gasteiger charge is 2.38. The lowest BCUT2D eigenvalue weighted by Crippen LogP contribution is -2.58. The van der Waals surface area contributed by atoms with Crippen molar-refractivity contribution in [3.8, 4) is 0 Å². The molecule has 4 rings (SSSR count). The van der Waals surface area contributed by atoms with E-state index >= 15 is 0 Å². The topological polar surface area (TPSA) is 43.9 Å². The Morgan fingerprint density at radius 2 is 1.59 bits per heavy atom. The smallest absolute Gasteiger partial charge is 0.255 e. The third-order valence-corrected chi connectivity index (χ3v) is 7.17. The number of hydrogen-bond donors (Lipinski definition) is 0. The summed E-state index contributed by atoms with van der Waals surface area (Å²) < 4.78 is 0. The van der Waals surface area contributed by atoms with Crippen LogP contribution in [-0.2, 0) is 11.3 Å². The molecule has 5 nitrogen and oxygen atoms in total.